The Hall–Kier alpha value is -1.44. The van der Waals surface area contributed by atoms with E-state index in [9.17, 15) is 13.2 Å². The fourth-order valence-electron chi connectivity index (χ4n) is 2.32. The first-order valence-electron chi connectivity index (χ1n) is 6.79. The first-order valence-corrected chi connectivity index (χ1v) is 8.68. The van der Waals surface area contributed by atoms with Crippen LogP contribution in [0, 0.1) is 0 Å². The van der Waals surface area contributed by atoms with Crippen LogP contribution in [-0.2, 0) is 19.4 Å². The normalized spacial score (nSPS) is 20.2. The molecule has 0 aromatic heterocycles. The van der Waals surface area contributed by atoms with Crippen LogP contribution in [0.25, 0.3) is 0 Å². The Bertz CT molecular complexity index is 615. The van der Waals surface area contributed by atoms with E-state index in [-0.39, 0.29) is 23.5 Å². The molecule has 7 heteroatoms. The highest BCUT2D eigenvalue weighted by molar-refractivity contribution is 7.90. The first kappa shape index (κ1) is 15.9. The summed E-state index contributed by atoms with van der Waals surface area (Å²) in [5.41, 5.74) is 0.325. The number of carbonyl (C=O) groups excluding carboxylic acids is 1. The lowest BCUT2D eigenvalue weighted by Crippen LogP contribution is -2.44. The van der Waals surface area contributed by atoms with E-state index in [2.05, 4.69) is 5.32 Å². The monoisotopic (exact) mass is 312 g/mol. The summed E-state index contributed by atoms with van der Waals surface area (Å²) in [5, 5.41) is 2.68. The van der Waals surface area contributed by atoms with Crippen LogP contribution in [0.4, 0.5) is 5.69 Å². The van der Waals surface area contributed by atoms with Crippen molar-refractivity contribution in [3.63, 3.8) is 0 Å². The molecule has 1 aromatic rings. The van der Waals surface area contributed by atoms with Crippen LogP contribution in [-0.4, -0.2) is 57.8 Å². The summed E-state index contributed by atoms with van der Waals surface area (Å²) in [7, 11) is -3.37. The van der Waals surface area contributed by atoms with E-state index < -0.39 is 9.84 Å². The molecule has 1 saturated heterocycles. The topological polar surface area (TPSA) is 75.7 Å². The quantitative estimate of drug-likeness (QED) is 0.888. The van der Waals surface area contributed by atoms with Crippen molar-refractivity contribution < 1.29 is 17.9 Å². The number of hydrogen-bond acceptors (Lipinski definition) is 5. The van der Waals surface area contributed by atoms with E-state index >= 15 is 0 Å². The van der Waals surface area contributed by atoms with Crippen LogP contribution < -0.4 is 5.32 Å². The third-order valence-corrected chi connectivity index (χ3v) is 4.41. The van der Waals surface area contributed by atoms with Gasteiger partial charge in [0.15, 0.2) is 9.84 Å². The first-order chi connectivity index (χ1) is 9.86. The van der Waals surface area contributed by atoms with Crippen molar-refractivity contribution in [2.75, 3.05) is 37.8 Å². The molecular formula is C14H20N2O4S. The molecule has 0 spiro atoms. The number of rotatable bonds is 4. The molecule has 1 aromatic carbocycles. The summed E-state index contributed by atoms with van der Waals surface area (Å²) in [5.74, 6) is -0.222. The molecule has 1 fully saturated rings. The molecule has 1 aliphatic heterocycles. The van der Waals surface area contributed by atoms with Crippen LogP contribution >= 0.6 is 0 Å². The molecule has 1 heterocycles. The van der Waals surface area contributed by atoms with Gasteiger partial charge in [0, 0.05) is 19.3 Å². The Morgan fingerprint density at radius 1 is 1.43 bits per heavy atom. The molecule has 0 bridgehead atoms. The van der Waals surface area contributed by atoms with Crippen molar-refractivity contribution in [1.82, 2.24) is 4.90 Å². The number of nitrogens with one attached hydrogen (secondary N) is 1. The number of morpholine rings is 1. The highest BCUT2D eigenvalue weighted by atomic mass is 32.2. The van der Waals surface area contributed by atoms with Crippen molar-refractivity contribution in [3.05, 3.63) is 24.3 Å². The lowest BCUT2D eigenvalue weighted by molar-refractivity contribution is -0.119. The lowest BCUT2D eigenvalue weighted by Gasteiger charge is -2.30. The van der Waals surface area contributed by atoms with Gasteiger partial charge in [-0.05, 0) is 19.1 Å². The minimum Gasteiger partial charge on any atom is -0.376 e. The lowest BCUT2D eigenvalue weighted by atomic mass is 10.3. The molecule has 0 unspecified atom stereocenters. The maximum Gasteiger partial charge on any atom is 0.238 e. The largest absolute Gasteiger partial charge is 0.376 e. The van der Waals surface area contributed by atoms with E-state index in [1.807, 2.05) is 11.8 Å². The average Bonchev–Trinajstić information content (AvgIpc) is 2.37. The second kappa shape index (κ2) is 6.55. The number of amides is 1. The predicted molar refractivity (Wildman–Crippen MR) is 80.0 cm³/mol. The van der Waals surface area contributed by atoms with Gasteiger partial charge in [0.05, 0.1) is 29.8 Å². The van der Waals surface area contributed by atoms with Crippen LogP contribution in [0.5, 0.6) is 0 Å². The minimum atomic E-state index is -3.37. The zero-order valence-electron chi connectivity index (χ0n) is 12.2. The van der Waals surface area contributed by atoms with E-state index in [0.717, 1.165) is 6.26 Å². The van der Waals surface area contributed by atoms with Crippen molar-refractivity contribution in [2.45, 2.75) is 17.9 Å². The Balaban J connectivity index is 2.03. The van der Waals surface area contributed by atoms with Gasteiger partial charge in [-0.25, -0.2) is 8.42 Å². The zero-order valence-corrected chi connectivity index (χ0v) is 13.0. The molecule has 1 amide bonds. The molecule has 2 rings (SSSR count). The number of carbonyl (C=O) groups is 1. The number of sulfone groups is 1. The smallest absolute Gasteiger partial charge is 0.238 e. The van der Waals surface area contributed by atoms with Crippen LogP contribution in [0.1, 0.15) is 6.92 Å². The highest BCUT2D eigenvalue weighted by Crippen LogP contribution is 2.20. The Labute approximate surface area is 125 Å². The molecule has 1 aliphatic rings. The van der Waals surface area contributed by atoms with Gasteiger partial charge < -0.3 is 10.1 Å². The number of benzene rings is 1. The van der Waals surface area contributed by atoms with Gasteiger partial charge in [-0.15, -0.1) is 0 Å². The highest BCUT2D eigenvalue weighted by Gasteiger charge is 2.20. The van der Waals surface area contributed by atoms with Crippen LogP contribution in [0.15, 0.2) is 29.2 Å². The molecule has 21 heavy (non-hydrogen) atoms. The van der Waals surface area contributed by atoms with E-state index in [4.69, 9.17) is 4.74 Å². The molecule has 0 aliphatic carbocycles. The molecule has 1 atom stereocenters. The standard InChI is InChI=1S/C14H20N2O4S/c1-11-9-16(7-8-20-11)10-14(17)15-12-5-3-4-6-13(12)21(2,18)19/h3-6,11H,7-10H2,1-2H3,(H,15,17)/t11-/m0/s1. The number of nitrogens with zero attached hydrogens (tertiary/aromatic N) is 1. The third-order valence-electron chi connectivity index (χ3n) is 3.25. The summed E-state index contributed by atoms with van der Waals surface area (Å²) < 4.78 is 28.8. The zero-order chi connectivity index (χ0) is 15.5. The van der Waals surface area contributed by atoms with E-state index in [1.54, 1.807) is 18.2 Å². The average molecular weight is 312 g/mol. The van der Waals surface area contributed by atoms with Gasteiger partial charge in [0.2, 0.25) is 5.91 Å². The van der Waals surface area contributed by atoms with Gasteiger partial charge in [-0.1, -0.05) is 12.1 Å². The fourth-order valence-corrected chi connectivity index (χ4v) is 3.16. The second-order valence-electron chi connectivity index (χ2n) is 5.23. The van der Waals surface area contributed by atoms with Crippen molar-refractivity contribution >= 4 is 21.4 Å². The summed E-state index contributed by atoms with van der Waals surface area (Å²) in [4.78, 5) is 14.2. The molecule has 116 valence electrons. The maximum atomic E-state index is 12.1. The van der Waals surface area contributed by atoms with Crippen molar-refractivity contribution in [2.24, 2.45) is 0 Å². The molecule has 0 radical (unpaired) electrons. The van der Waals surface area contributed by atoms with Crippen molar-refractivity contribution in [3.8, 4) is 0 Å². The van der Waals surface area contributed by atoms with Gasteiger partial charge in [-0.2, -0.15) is 0 Å². The summed E-state index contributed by atoms with van der Waals surface area (Å²) >= 11 is 0. The van der Waals surface area contributed by atoms with Gasteiger partial charge >= 0.3 is 0 Å². The SMILES string of the molecule is C[C@H]1CN(CC(=O)Nc2ccccc2S(C)(=O)=O)CCO1. The predicted octanol–water partition coefficient (Wildman–Crippen LogP) is 0.749. The second-order valence-corrected chi connectivity index (χ2v) is 7.22. The summed E-state index contributed by atoms with van der Waals surface area (Å²) in [6.45, 7) is 4.19. The molecule has 6 nitrogen and oxygen atoms in total. The third kappa shape index (κ3) is 4.52. The number of para-hydroxylation sites is 1. The van der Waals surface area contributed by atoms with E-state index in [0.29, 0.717) is 25.4 Å². The minimum absolute atomic E-state index is 0.106. The van der Waals surface area contributed by atoms with Crippen molar-refractivity contribution in [1.29, 1.82) is 0 Å². The molecular weight excluding hydrogens is 292 g/mol. The van der Waals surface area contributed by atoms with Crippen LogP contribution in [0.3, 0.4) is 0 Å². The Morgan fingerprint density at radius 2 is 2.14 bits per heavy atom. The van der Waals surface area contributed by atoms with E-state index in [1.165, 1.54) is 6.07 Å². The van der Waals surface area contributed by atoms with Gasteiger partial charge in [0.1, 0.15) is 0 Å². The fraction of sp³-hybridized carbons (Fsp3) is 0.500. The maximum absolute atomic E-state index is 12.1. The summed E-state index contributed by atoms with van der Waals surface area (Å²) in [6.07, 6.45) is 1.23. The van der Waals surface area contributed by atoms with Gasteiger partial charge in [-0.3, -0.25) is 9.69 Å². The Kier molecular flexibility index (Phi) is 4.97. The number of ether oxygens (including phenoxy) is 1. The number of hydrogen-bond donors (Lipinski definition) is 1. The molecule has 0 saturated carbocycles. The summed E-state index contributed by atoms with van der Waals surface area (Å²) in [6, 6.07) is 6.41. The van der Waals surface area contributed by atoms with Gasteiger partial charge in [0.25, 0.3) is 0 Å². The molecule has 1 N–H and O–H groups in total. The van der Waals surface area contributed by atoms with Crippen LogP contribution in [0.2, 0.25) is 0 Å². The Morgan fingerprint density at radius 3 is 2.81 bits per heavy atom. The number of anilines is 1.